The molecule has 158 valence electrons. The second-order valence-electron chi connectivity index (χ2n) is 7.54. The van der Waals surface area contributed by atoms with E-state index in [-0.39, 0.29) is 6.04 Å². The van der Waals surface area contributed by atoms with E-state index >= 15 is 0 Å². The van der Waals surface area contributed by atoms with Gasteiger partial charge in [0, 0.05) is 32.2 Å². The quantitative estimate of drug-likeness (QED) is 0.698. The third kappa shape index (κ3) is 5.93. The number of benzene rings is 2. The first kappa shape index (κ1) is 21.6. The molecule has 0 unspecified atom stereocenters. The summed E-state index contributed by atoms with van der Waals surface area (Å²) in [6.45, 7) is 4.21. The highest BCUT2D eigenvalue weighted by Gasteiger charge is 2.28. The van der Waals surface area contributed by atoms with Crippen molar-refractivity contribution in [3.05, 3.63) is 59.7 Å². The van der Waals surface area contributed by atoms with Crippen LogP contribution >= 0.6 is 0 Å². The number of likely N-dealkylation sites (N-methyl/N-ethyl adjacent to an activating group) is 1. The van der Waals surface area contributed by atoms with Crippen LogP contribution < -0.4 is 9.47 Å². The summed E-state index contributed by atoms with van der Waals surface area (Å²) < 4.78 is 16.4. The number of aliphatic hydroxyl groups is 1. The van der Waals surface area contributed by atoms with E-state index in [2.05, 4.69) is 41.1 Å². The van der Waals surface area contributed by atoms with Crippen molar-refractivity contribution in [3.8, 4) is 11.5 Å². The molecule has 0 saturated carbocycles. The van der Waals surface area contributed by atoms with Gasteiger partial charge in [0.2, 0.25) is 0 Å². The number of ether oxygens (including phenoxy) is 3. The molecular weight excluding hydrogens is 368 g/mol. The van der Waals surface area contributed by atoms with Gasteiger partial charge >= 0.3 is 0 Å². The number of methoxy groups -OCH3 is 2. The minimum Gasteiger partial charge on any atom is -0.493 e. The third-order valence-electron chi connectivity index (χ3n) is 5.35. The van der Waals surface area contributed by atoms with E-state index < -0.39 is 6.10 Å². The normalized spacial score (nSPS) is 19.1. The Morgan fingerprint density at radius 2 is 1.79 bits per heavy atom. The lowest BCUT2D eigenvalue weighted by molar-refractivity contribution is -0.0116. The highest BCUT2D eigenvalue weighted by molar-refractivity contribution is 5.42. The van der Waals surface area contributed by atoms with Gasteiger partial charge in [0.25, 0.3) is 0 Å². The summed E-state index contributed by atoms with van der Waals surface area (Å²) in [5.74, 6) is 1.37. The van der Waals surface area contributed by atoms with E-state index in [1.165, 1.54) is 5.56 Å². The van der Waals surface area contributed by atoms with Gasteiger partial charge in [-0.2, -0.15) is 0 Å². The lowest BCUT2D eigenvalue weighted by Gasteiger charge is -2.41. The molecule has 6 nitrogen and oxygen atoms in total. The predicted molar refractivity (Wildman–Crippen MR) is 113 cm³/mol. The van der Waals surface area contributed by atoms with Crippen LogP contribution in [0.25, 0.3) is 0 Å². The fourth-order valence-corrected chi connectivity index (χ4v) is 3.77. The van der Waals surface area contributed by atoms with Gasteiger partial charge in [0.05, 0.1) is 33.5 Å². The van der Waals surface area contributed by atoms with Crippen molar-refractivity contribution in [1.29, 1.82) is 0 Å². The molecule has 0 radical (unpaired) electrons. The summed E-state index contributed by atoms with van der Waals surface area (Å²) in [5, 5.41) is 10.6. The van der Waals surface area contributed by atoms with Crippen LogP contribution in [0, 0.1) is 0 Å². The second kappa shape index (κ2) is 10.6. The molecule has 0 aliphatic carbocycles. The first-order valence-electron chi connectivity index (χ1n) is 10.0. The van der Waals surface area contributed by atoms with Crippen LogP contribution in [0.4, 0.5) is 0 Å². The van der Waals surface area contributed by atoms with Gasteiger partial charge in [-0.25, -0.2) is 0 Å². The van der Waals surface area contributed by atoms with E-state index in [0.717, 1.165) is 25.2 Å². The topological polar surface area (TPSA) is 54.4 Å². The zero-order chi connectivity index (χ0) is 20.6. The Kier molecular flexibility index (Phi) is 7.89. The predicted octanol–water partition coefficient (Wildman–Crippen LogP) is 2.57. The van der Waals surface area contributed by atoms with Crippen LogP contribution in [-0.4, -0.2) is 75.1 Å². The smallest absolute Gasteiger partial charge is 0.161 e. The molecule has 6 heteroatoms. The first-order chi connectivity index (χ1) is 14.1. The SMILES string of the molecule is COc1ccc(COC[C@H](O)CN2CCN(C)C[C@H]2c2ccccc2)cc1OC. The molecule has 3 rings (SSSR count). The summed E-state index contributed by atoms with van der Waals surface area (Å²) in [7, 11) is 5.38. The number of nitrogens with zero attached hydrogens (tertiary/aromatic N) is 2. The highest BCUT2D eigenvalue weighted by atomic mass is 16.5. The summed E-state index contributed by atoms with van der Waals surface area (Å²) >= 11 is 0. The number of aliphatic hydroxyl groups excluding tert-OH is 1. The maximum atomic E-state index is 10.6. The summed E-state index contributed by atoms with van der Waals surface area (Å²) in [5.41, 5.74) is 2.27. The lowest BCUT2D eigenvalue weighted by Crippen LogP contribution is -2.49. The van der Waals surface area contributed by atoms with Crippen molar-refractivity contribution >= 4 is 0 Å². The molecule has 2 aromatic rings. The van der Waals surface area contributed by atoms with Crippen molar-refractivity contribution < 1.29 is 19.3 Å². The van der Waals surface area contributed by atoms with Crippen LogP contribution in [0.2, 0.25) is 0 Å². The molecule has 0 bridgehead atoms. The first-order valence-corrected chi connectivity index (χ1v) is 10.0. The molecule has 1 aliphatic rings. The Morgan fingerprint density at radius 1 is 1.03 bits per heavy atom. The number of hydrogen-bond donors (Lipinski definition) is 1. The van der Waals surface area contributed by atoms with Gasteiger partial charge in [-0.3, -0.25) is 4.90 Å². The maximum absolute atomic E-state index is 10.6. The van der Waals surface area contributed by atoms with E-state index in [9.17, 15) is 5.11 Å². The maximum Gasteiger partial charge on any atom is 0.161 e. The second-order valence-corrected chi connectivity index (χ2v) is 7.54. The van der Waals surface area contributed by atoms with Crippen LogP contribution in [0.1, 0.15) is 17.2 Å². The number of rotatable bonds is 9. The largest absolute Gasteiger partial charge is 0.493 e. The molecule has 2 aromatic carbocycles. The molecule has 1 heterocycles. The highest BCUT2D eigenvalue weighted by Crippen LogP contribution is 2.28. The van der Waals surface area contributed by atoms with Crippen molar-refractivity contribution in [2.75, 3.05) is 54.1 Å². The zero-order valence-corrected chi connectivity index (χ0v) is 17.6. The average Bonchev–Trinajstić information content (AvgIpc) is 2.75. The molecule has 1 N–H and O–H groups in total. The Hall–Kier alpha value is -2.12. The molecule has 29 heavy (non-hydrogen) atoms. The number of piperazine rings is 1. The monoisotopic (exact) mass is 400 g/mol. The number of β-amino-alcohol motifs (C(OH)–C–C–N with tert-alkyl or cyclic N) is 1. The molecule has 1 saturated heterocycles. The molecule has 0 amide bonds. The summed E-state index contributed by atoms with van der Waals surface area (Å²) in [4.78, 5) is 4.70. The molecule has 0 aromatic heterocycles. The molecular formula is C23H32N2O4. The molecule has 1 fully saturated rings. The molecule has 1 aliphatic heterocycles. The van der Waals surface area contributed by atoms with Crippen LogP contribution in [0.5, 0.6) is 11.5 Å². The Bertz CT molecular complexity index is 756. The Balaban J connectivity index is 1.52. The fourth-order valence-electron chi connectivity index (χ4n) is 3.77. The minimum atomic E-state index is -0.537. The molecule has 0 spiro atoms. The van der Waals surface area contributed by atoms with Gasteiger partial charge in [-0.15, -0.1) is 0 Å². The van der Waals surface area contributed by atoms with Crippen LogP contribution in [0.3, 0.4) is 0 Å². The average molecular weight is 401 g/mol. The van der Waals surface area contributed by atoms with E-state index in [0.29, 0.717) is 31.3 Å². The number of hydrogen-bond acceptors (Lipinski definition) is 6. The van der Waals surface area contributed by atoms with E-state index in [1.54, 1.807) is 14.2 Å². The molecule has 2 atom stereocenters. The Morgan fingerprint density at radius 3 is 2.52 bits per heavy atom. The van der Waals surface area contributed by atoms with Gasteiger partial charge in [-0.05, 0) is 30.3 Å². The van der Waals surface area contributed by atoms with Crippen molar-refractivity contribution in [3.63, 3.8) is 0 Å². The van der Waals surface area contributed by atoms with E-state index in [4.69, 9.17) is 14.2 Å². The van der Waals surface area contributed by atoms with Crippen molar-refractivity contribution in [2.24, 2.45) is 0 Å². The Labute approximate surface area is 173 Å². The van der Waals surface area contributed by atoms with Gasteiger partial charge in [0.15, 0.2) is 11.5 Å². The minimum absolute atomic E-state index is 0.287. The summed E-state index contributed by atoms with van der Waals surface area (Å²) in [6.07, 6.45) is -0.537. The van der Waals surface area contributed by atoms with Gasteiger partial charge < -0.3 is 24.2 Å². The van der Waals surface area contributed by atoms with Crippen LogP contribution in [-0.2, 0) is 11.3 Å². The lowest BCUT2D eigenvalue weighted by atomic mass is 10.0. The van der Waals surface area contributed by atoms with Crippen molar-refractivity contribution in [2.45, 2.75) is 18.8 Å². The zero-order valence-electron chi connectivity index (χ0n) is 17.6. The standard InChI is InChI=1S/C23H32N2O4/c1-24-11-12-25(21(15-24)19-7-5-4-6-8-19)14-20(26)17-29-16-18-9-10-22(27-2)23(13-18)28-3/h4-10,13,20-21,26H,11-12,14-17H2,1-3H3/t20-,21+/m1/s1. The third-order valence-corrected chi connectivity index (χ3v) is 5.35. The van der Waals surface area contributed by atoms with E-state index in [1.807, 2.05) is 24.3 Å². The van der Waals surface area contributed by atoms with Gasteiger partial charge in [0.1, 0.15) is 0 Å². The fraction of sp³-hybridized carbons (Fsp3) is 0.478. The van der Waals surface area contributed by atoms with Crippen molar-refractivity contribution in [1.82, 2.24) is 9.80 Å². The van der Waals surface area contributed by atoms with Crippen LogP contribution in [0.15, 0.2) is 48.5 Å². The summed E-state index contributed by atoms with van der Waals surface area (Å²) in [6, 6.07) is 16.5. The van der Waals surface area contributed by atoms with Gasteiger partial charge in [-0.1, -0.05) is 36.4 Å².